The molecule has 5 rings (SSSR count). The van der Waals surface area contributed by atoms with Crippen molar-refractivity contribution in [1.29, 1.82) is 0 Å². The first-order chi connectivity index (χ1) is 21.2. The summed E-state index contributed by atoms with van der Waals surface area (Å²) >= 11 is 0. The average Bonchev–Trinajstić information content (AvgIpc) is 3.56. The number of hydrogen-bond donors (Lipinski definition) is 2. The van der Waals surface area contributed by atoms with Crippen LogP contribution in [0.3, 0.4) is 0 Å². The van der Waals surface area contributed by atoms with Gasteiger partial charge in [-0.2, -0.15) is 5.21 Å². The monoisotopic (exact) mass is 594 g/mol. The van der Waals surface area contributed by atoms with Gasteiger partial charge < -0.3 is 9.84 Å². The van der Waals surface area contributed by atoms with Crippen molar-refractivity contribution in [2.45, 2.75) is 52.1 Å². The number of tetrazole rings is 1. The third kappa shape index (κ3) is 7.95. The van der Waals surface area contributed by atoms with E-state index in [9.17, 15) is 13.9 Å². The second-order valence-corrected chi connectivity index (χ2v) is 12.0. The summed E-state index contributed by atoms with van der Waals surface area (Å²) < 4.78 is 34.5. The topological polar surface area (TPSA) is 83.9 Å². The van der Waals surface area contributed by atoms with Gasteiger partial charge in [0.05, 0.1) is 0 Å². The van der Waals surface area contributed by atoms with Crippen LogP contribution in [0.5, 0.6) is 11.5 Å². The molecule has 0 spiro atoms. The average molecular weight is 595 g/mol. The Morgan fingerprint density at radius 2 is 1.57 bits per heavy atom. The van der Waals surface area contributed by atoms with Crippen molar-refractivity contribution < 1.29 is 18.6 Å². The van der Waals surface area contributed by atoms with E-state index in [2.05, 4.69) is 71.7 Å². The van der Waals surface area contributed by atoms with Crippen LogP contribution < -0.4 is 4.74 Å². The Morgan fingerprint density at radius 3 is 2.23 bits per heavy atom. The van der Waals surface area contributed by atoms with E-state index >= 15 is 0 Å². The van der Waals surface area contributed by atoms with Crippen molar-refractivity contribution in [1.82, 2.24) is 20.6 Å². The number of ether oxygens (including phenoxy) is 1. The summed E-state index contributed by atoms with van der Waals surface area (Å²) in [6, 6.07) is 26.6. The summed E-state index contributed by atoms with van der Waals surface area (Å²) in [4.78, 5) is 0. The van der Waals surface area contributed by atoms with Crippen LogP contribution in [-0.4, -0.2) is 25.7 Å². The molecule has 226 valence electrons. The number of aromatic hydroxyl groups is 1. The van der Waals surface area contributed by atoms with Crippen molar-refractivity contribution in [3.8, 4) is 22.9 Å². The number of phenolic OH excluding ortho intramolecular Hbond substituents is 1. The fourth-order valence-electron chi connectivity index (χ4n) is 5.01. The van der Waals surface area contributed by atoms with E-state index in [0.29, 0.717) is 24.4 Å². The number of nitrogens with one attached hydrogen (secondary N) is 1. The summed E-state index contributed by atoms with van der Waals surface area (Å²) in [5, 5.41) is 23.7. The Kier molecular flexibility index (Phi) is 9.48. The maximum Gasteiger partial charge on any atom is 0.204 e. The lowest BCUT2D eigenvalue weighted by molar-refractivity contribution is 0.305. The number of rotatable bonds is 11. The van der Waals surface area contributed by atoms with Crippen LogP contribution in [0.15, 0.2) is 91.0 Å². The normalized spacial score (nSPS) is 12.5. The Morgan fingerprint density at radius 1 is 0.886 bits per heavy atom. The van der Waals surface area contributed by atoms with Crippen LogP contribution in [0.4, 0.5) is 8.78 Å². The molecule has 2 N–H and O–H groups in total. The van der Waals surface area contributed by atoms with Crippen LogP contribution in [0.2, 0.25) is 0 Å². The molecule has 0 bridgehead atoms. The lowest BCUT2D eigenvalue weighted by atomic mass is 9.87. The second kappa shape index (κ2) is 13.6. The van der Waals surface area contributed by atoms with Crippen LogP contribution in [0, 0.1) is 17.6 Å². The van der Waals surface area contributed by atoms with E-state index in [1.165, 1.54) is 17.7 Å². The van der Waals surface area contributed by atoms with Gasteiger partial charge in [-0.05, 0) is 76.3 Å². The van der Waals surface area contributed by atoms with Gasteiger partial charge in [-0.3, -0.25) is 0 Å². The molecule has 0 saturated carbocycles. The van der Waals surface area contributed by atoms with Crippen LogP contribution in [0.1, 0.15) is 55.0 Å². The molecule has 0 aliphatic carbocycles. The van der Waals surface area contributed by atoms with Gasteiger partial charge in [0.25, 0.3) is 0 Å². The number of para-hydroxylation sites is 1. The molecule has 0 aliphatic rings. The number of halogens is 2. The molecule has 8 heteroatoms. The molecular weight excluding hydrogens is 558 g/mol. The Bertz CT molecular complexity index is 1670. The van der Waals surface area contributed by atoms with Crippen LogP contribution in [0.25, 0.3) is 17.5 Å². The van der Waals surface area contributed by atoms with E-state index in [-0.39, 0.29) is 11.3 Å². The maximum absolute atomic E-state index is 14.2. The summed E-state index contributed by atoms with van der Waals surface area (Å²) in [5.74, 6) is -1.66. The Hall–Kier alpha value is -4.85. The molecule has 1 aromatic heterocycles. The molecule has 0 fully saturated rings. The van der Waals surface area contributed by atoms with Crippen molar-refractivity contribution >= 4 is 6.08 Å². The van der Waals surface area contributed by atoms with E-state index in [0.717, 1.165) is 40.8 Å². The fourth-order valence-corrected chi connectivity index (χ4v) is 5.01. The number of aromatic amines is 1. The number of H-pyrrole nitrogens is 1. The fraction of sp³-hybridized carbons (Fsp3) is 0.250. The highest BCUT2D eigenvalue weighted by Gasteiger charge is 2.15. The first kappa shape index (κ1) is 30.6. The number of benzene rings is 4. The van der Waals surface area contributed by atoms with Crippen LogP contribution in [-0.2, 0) is 24.9 Å². The second-order valence-electron chi connectivity index (χ2n) is 12.0. The predicted molar refractivity (Wildman–Crippen MR) is 168 cm³/mol. The highest BCUT2D eigenvalue weighted by atomic mass is 19.1. The third-order valence-corrected chi connectivity index (χ3v) is 7.62. The van der Waals surface area contributed by atoms with Gasteiger partial charge >= 0.3 is 0 Å². The molecule has 5 aromatic rings. The van der Waals surface area contributed by atoms with Crippen molar-refractivity contribution in [3.05, 3.63) is 130 Å². The molecule has 1 atom stereocenters. The zero-order valence-corrected chi connectivity index (χ0v) is 25.1. The standard InChI is InChI=1S/C36H36F2N4O2/c1-36(2,3)30-18-13-26(14-19-30)23-44-33-7-5-4-6-28(33)15-12-25(20-27-21-31(37)34(43)32(38)22-27)9-8-24-10-16-29(17-11-24)35-39-41-42-40-35/h4-7,10-19,21-22,25,43H,8-9,20,23H2,1-3H3,(H,39,40,41,42)/b15-12+/t25-/m0/s1. The van der Waals surface area contributed by atoms with Gasteiger partial charge in [0.1, 0.15) is 12.4 Å². The first-order valence-corrected chi connectivity index (χ1v) is 14.6. The van der Waals surface area contributed by atoms with E-state index in [1.807, 2.05) is 54.6 Å². The lowest BCUT2D eigenvalue weighted by Gasteiger charge is -2.19. The smallest absolute Gasteiger partial charge is 0.204 e. The van der Waals surface area contributed by atoms with E-state index < -0.39 is 17.4 Å². The molecular formula is C36H36F2N4O2. The largest absolute Gasteiger partial charge is 0.503 e. The minimum absolute atomic E-state index is 0.0479. The number of nitrogens with zero attached hydrogens (tertiary/aromatic N) is 3. The van der Waals surface area contributed by atoms with Gasteiger partial charge in [-0.15, -0.1) is 10.2 Å². The zero-order valence-electron chi connectivity index (χ0n) is 25.1. The zero-order chi connectivity index (χ0) is 31.1. The highest BCUT2D eigenvalue weighted by Crippen LogP contribution is 2.28. The summed E-state index contributed by atoms with van der Waals surface area (Å²) in [7, 11) is 0. The predicted octanol–water partition coefficient (Wildman–Crippen LogP) is 8.23. The van der Waals surface area contributed by atoms with Gasteiger partial charge in [0.15, 0.2) is 17.4 Å². The van der Waals surface area contributed by atoms with Gasteiger partial charge in [-0.25, -0.2) is 8.78 Å². The summed E-state index contributed by atoms with van der Waals surface area (Å²) in [5.41, 5.74) is 5.79. The minimum atomic E-state index is -0.964. The summed E-state index contributed by atoms with van der Waals surface area (Å²) in [6.45, 7) is 7.01. The molecule has 0 saturated heterocycles. The summed E-state index contributed by atoms with van der Waals surface area (Å²) in [6.07, 6.45) is 5.94. The quantitative estimate of drug-likeness (QED) is 0.161. The molecule has 1 heterocycles. The van der Waals surface area contributed by atoms with Crippen LogP contribution >= 0.6 is 0 Å². The van der Waals surface area contributed by atoms with Gasteiger partial charge in [0, 0.05) is 11.1 Å². The van der Waals surface area contributed by atoms with Crippen molar-refractivity contribution in [3.63, 3.8) is 0 Å². The van der Waals surface area contributed by atoms with E-state index in [1.54, 1.807) is 0 Å². The molecule has 44 heavy (non-hydrogen) atoms. The first-order valence-electron chi connectivity index (χ1n) is 14.6. The van der Waals surface area contributed by atoms with Gasteiger partial charge in [0.2, 0.25) is 5.82 Å². The molecule has 0 amide bonds. The van der Waals surface area contributed by atoms with Gasteiger partial charge in [-0.1, -0.05) is 99.7 Å². The lowest BCUT2D eigenvalue weighted by Crippen LogP contribution is -2.10. The number of allylic oxidation sites excluding steroid dienone is 1. The minimum Gasteiger partial charge on any atom is -0.503 e. The maximum atomic E-state index is 14.2. The number of aryl methyl sites for hydroxylation is 1. The van der Waals surface area contributed by atoms with E-state index in [4.69, 9.17) is 4.74 Å². The molecule has 0 unspecified atom stereocenters. The Balaban J connectivity index is 1.31. The van der Waals surface area contributed by atoms with Crippen molar-refractivity contribution in [2.75, 3.05) is 0 Å². The molecule has 4 aromatic carbocycles. The number of hydrogen-bond acceptors (Lipinski definition) is 5. The SMILES string of the molecule is CC(C)(C)c1ccc(COc2ccccc2/C=C/[C@H](CCc2ccc(-c3nn[nH]n3)cc2)Cc2cc(F)c(O)c(F)c2)cc1. The highest BCUT2D eigenvalue weighted by molar-refractivity contribution is 5.57. The third-order valence-electron chi connectivity index (χ3n) is 7.62. The number of aromatic nitrogens is 4. The molecule has 0 radical (unpaired) electrons. The molecule has 0 aliphatic heterocycles. The molecule has 6 nitrogen and oxygen atoms in total. The Labute approximate surface area is 256 Å². The van der Waals surface area contributed by atoms with Crippen molar-refractivity contribution in [2.24, 2.45) is 5.92 Å². The number of phenols is 1.